The molecule has 0 aromatic carbocycles. The van der Waals surface area contributed by atoms with Gasteiger partial charge in [-0.3, -0.25) is 0 Å². The van der Waals surface area contributed by atoms with E-state index < -0.39 is 0 Å². The quantitative estimate of drug-likeness (QED) is 0.879. The number of hydrogen-bond acceptors (Lipinski definition) is 6. The van der Waals surface area contributed by atoms with Crippen LogP contribution in [0.4, 0.5) is 11.8 Å². The Kier molecular flexibility index (Phi) is 3.68. The predicted octanol–water partition coefficient (Wildman–Crippen LogP) is 1.40. The Morgan fingerprint density at radius 3 is 3.20 bits per heavy atom. The molecule has 0 radical (unpaired) electrons. The first kappa shape index (κ1) is 13.1. The summed E-state index contributed by atoms with van der Waals surface area (Å²) >= 11 is 0. The minimum absolute atomic E-state index is 0.296. The van der Waals surface area contributed by atoms with Crippen molar-refractivity contribution in [1.29, 1.82) is 0 Å². The number of aromatic nitrogens is 4. The second-order valence-electron chi connectivity index (χ2n) is 5.02. The van der Waals surface area contributed by atoms with Gasteiger partial charge in [0.15, 0.2) is 11.5 Å². The first-order valence-corrected chi connectivity index (χ1v) is 7.09. The van der Waals surface area contributed by atoms with Crippen molar-refractivity contribution in [2.45, 2.75) is 26.3 Å². The van der Waals surface area contributed by atoms with Gasteiger partial charge in [-0.25, -0.2) is 4.98 Å². The first-order valence-electron chi connectivity index (χ1n) is 7.09. The molecule has 0 aliphatic carbocycles. The van der Waals surface area contributed by atoms with Gasteiger partial charge >= 0.3 is 0 Å². The Labute approximate surface area is 117 Å². The van der Waals surface area contributed by atoms with Crippen LogP contribution in [-0.4, -0.2) is 52.3 Å². The smallest absolute Gasteiger partial charge is 0.226 e. The standard InChI is InChI=1S/C13H20N6O/c1-3-4-14-13-17-11-10(15-8-16-11)12(18-13)19-5-6-20-7-9(19)2/h8-9H,3-7H2,1-2H3,(H2,14,15,16,17,18). The second kappa shape index (κ2) is 5.62. The fourth-order valence-electron chi connectivity index (χ4n) is 2.38. The summed E-state index contributed by atoms with van der Waals surface area (Å²) in [4.78, 5) is 18.8. The molecule has 1 unspecified atom stereocenters. The molecule has 0 bridgehead atoms. The Hall–Kier alpha value is -1.89. The zero-order valence-electron chi connectivity index (χ0n) is 11.9. The number of nitrogens with zero attached hydrogens (tertiary/aromatic N) is 4. The summed E-state index contributed by atoms with van der Waals surface area (Å²) < 4.78 is 5.50. The molecule has 20 heavy (non-hydrogen) atoms. The third-order valence-electron chi connectivity index (χ3n) is 3.44. The highest BCUT2D eigenvalue weighted by atomic mass is 16.5. The molecule has 2 N–H and O–H groups in total. The van der Waals surface area contributed by atoms with Gasteiger partial charge in [-0.05, 0) is 13.3 Å². The van der Waals surface area contributed by atoms with Crippen LogP contribution in [0, 0.1) is 0 Å². The molecule has 7 heteroatoms. The van der Waals surface area contributed by atoms with Gasteiger partial charge in [0, 0.05) is 13.1 Å². The number of aromatic amines is 1. The molecule has 1 aliphatic rings. The van der Waals surface area contributed by atoms with Crippen molar-refractivity contribution in [2.24, 2.45) is 0 Å². The van der Waals surface area contributed by atoms with Crippen LogP contribution in [-0.2, 0) is 4.74 Å². The summed E-state index contributed by atoms with van der Waals surface area (Å²) in [6.07, 6.45) is 2.70. The fraction of sp³-hybridized carbons (Fsp3) is 0.615. The van der Waals surface area contributed by atoms with E-state index in [4.69, 9.17) is 4.74 Å². The van der Waals surface area contributed by atoms with Gasteiger partial charge in [0.25, 0.3) is 0 Å². The Balaban J connectivity index is 2.00. The molecule has 1 fully saturated rings. The minimum atomic E-state index is 0.296. The molecule has 3 heterocycles. The highest BCUT2D eigenvalue weighted by molar-refractivity contribution is 5.84. The molecule has 2 aromatic heterocycles. The Morgan fingerprint density at radius 2 is 2.40 bits per heavy atom. The SMILES string of the molecule is CCCNc1nc(N2CCOCC2C)c2[nH]cnc2n1. The van der Waals surface area contributed by atoms with Crippen LogP contribution >= 0.6 is 0 Å². The summed E-state index contributed by atoms with van der Waals surface area (Å²) in [6.45, 7) is 7.39. The molecule has 1 saturated heterocycles. The van der Waals surface area contributed by atoms with E-state index in [9.17, 15) is 0 Å². The molecule has 7 nitrogen and oxygen atoms in total. The predicted molar refractivity (Wildman–Crippen MR) is 78.1 cm³/mol. The van der Waals surface area contributed by atoms with Crippen LogP contribution in [0.3, 0.4) is 0 Å². The van der Waals surface area contributed by atoms with E-state index in [1.165, 1.54) is 0 Å². The molecule has 3 rings (SSSR count). The minimum Gasteiger partial charge on any atom is -0.377 e. The van der Waals surface area contributed by atoms with Crippen LogP contribution in [0.5, 0.6) is 0 Å². The summed E-state index contributed by atoms with van der Waals surface area (Å²) in [5.41, 5.74) is 1.59. The van der Waals surface area contributed by atoms with E-state index in [1.54, 1.807) is 6.33 Å². The van der Waals surface area contributed by atoms with Crippen molar-refractivity contribution < 1.29 is 4.74 Å². The molecule has 1 atom stereocenters. The normalized spacial score (nSPS) is 19.5. The van der Waals surface area contributed by atoms with E-state index in [2.05, 4.69) is 44.0 Å². The number of ether oxygens (including phenoxy) is 1. The van der Waals surface area contributed by atoms with Crippen molar-refractivity contribution in [2.75, 3.05) is 36.5 Å². The van der Waals surface area contributed by atoms with E-state index in [1.807, 2.05) is 0 Å². The van der Waals surface area contributed by atoms with Crippen LogP contribution in [0.1, 0.15) is 20.3 Å². The summed E-state index contributed by atoms with van der Waals surface area (Å²) in [5.74, 6) is 1.54. The van der Waals surface area contributed by atoms with Crippen molar-refractivity contribution in [3.63, 3.8) is 0 Å². The third kappa shape index (κ3) is 2.40. The molecule has 2 aromatic rings. The number of morpholine rings is 1. The van der Waals surface area contributed by atoms with Crippen LogP contribution in [0.25, 0.3) is 11.2 Å². The van der Waals surface area contributed by atoms with Gasteiger partial charge in [-0.15, -0.1) is 0 Å². The number of rotatable bonds is 4. The van der Waals surface area contributed by atoms with Gasteiger partial charge in [-0.2, -0.15) is 9.97 Å². The molecular formula is C13H20N6O. The average Bonchev–Trinajstić information content (AvgIpc) is 2.93. The van der Waals surface area contributed by atoms with Crippen molar-refractivity contribution >= 4 is 22.9 Å². The second-order valence-corrected chi connectivity index (χ2v) is 5.02. The number of imidazole rings is 1. The molecule has 108 valence electrons. The topological polar surface area (TPSA) is 79.0 Å². The van der Waals surface area contributed by atoms with Gasteiger partial charge in [-0.1, -0.05) is 6.92 Å². The molecule has 0 saturated carbocycles. The van der Waals surface area contributed by atoms with E-state index in [-0.39, 0.29) is 0 Å². The number of H-pyrrole nitrogens is 1. The molecule has 0 amide bonds. The largest absolute Gasteiger partial charge is 0.377 e. The van der Waals surface area contributed by atoms with Gasteiger partial charge in [0.05, 0.1) is 25.6 Å². The van der Waals surface area contributed by atoms with Crippen molar-refractivity contribution in [3.05, 3.63) is 6.33 Å². The zero-order valence-corrected chi connectivity index (χ0v) is 11.9. The van der Waals surface area contributed by atoms with Crippen molar-refractivity contribution in [1.82, 2.24) is 19.9 Å². The van der Waals surface area contributed by atoms with E-state index in [0.717, 1.165) is 44.1 Å². The third-order valence-corrected chi connectivity index (χ3v) is 3.44. The maximum atomic E-state index is 5.50. The summed E-state index contributed by atoms with van der Waals surface area (Å²) in [5, 5.41) is 3.24. The monoisotopic (exact) mass is 276 g/mol. The lowest BCUT2D eigenvalue weighted by Gasteiger charge is -2.34. The van der Waals surface area contributed by atoms with Crippen LogP contribution in [0.15, 0.2) is 6.33 Å². The Morgan fingerprint density at radius 1 is 1.50 bits per heavy atom. The summed E-state index contributed by atoms with van der Waals surface area (Å²) in [6, 6.07) is 0.296. The molecule has 1 aliphatic heterocycles. The lowest BCUT2D eigenvalue weighted by molar-refractivity contribution is 0.0987. The molecular weight excluding hydrogens is 256 g/mol. The lowest BCUT2D eigenvalue weighted by atomic mass is 10.2. The number of fused-ring (bicyclic) bond motifs is 1. The van der Waals surface area contributed by atoms with Gasteiger partial charge < -0.3 is 19.9 Å². The fourth-order valence-corrected chi connectivity index (χ4v) is 2.38. The van der Waals surface area contributed by atoms with Crippen LogP contribution < -0.4 is 10.2 Å². The highest BCUT2D eigenvalue weighted by Crippen LogP contribution is 2.25. The van der Waals surface area contributed by atoms with Gasteiger partial charge in [0.2, 0.25) is 5.95 Å². The van der Waals surface area contributed by atoms with Crippen LogP contribution in [0.2, 0.25) is 0 Å². The van der Waals surface area contributed by atoms with Gasteiger partial charge in [0.1, 0.15) is 5.52 Å². The summed E-state index contributed by atoms with van der Waals surface area (Å²) in [7, 11) is 0. The zero-order chi connectivity index (χ0) is 13.9. The molecule has 0 spiro atoms. The maximum absolute atomic E-state index is 5.50. The number of nitrogens with one attached hydrogen (secondary N) is 2. The number of hydrogen-bond donors (Lipinski definition) is 2. The Bertz CT molecular complexity index is 583. The van der Waals surface area contributed by atoms with E-state index in [0.29, 0.717) is 17.6 Å². The van der Waals surface area contributed by atoms with E-state index >= 15 is 0 Å². The number of anilines is 2. The highest BCUT2D eigenvalue weighted by Gasteiger charge is 2.24. The average molecular weight is 276 g/mol. The maximum Gasteiger partial charge on any atom is 0.226 e. The van der Waals surface area contributed by atoms with Crippen molar-refractivity contribution in [3.8, 4) is 0 Å². The first-order chi connectivity index (χ1) is 9.79. The lowest BCUT2D eigenvalue weighted by Crippen LogP contribution is -2.44.